The second-order valence-electron chi connectivity index (χ2n) is 3.78. The molecule has 2 aromatic rings. The van der Waals surface area contributed by atoms with Crippen LogP contribution in [0.2, 0.25) is 5.02 Å². The third-order valence-electron chi connectivity index (χ3n) is 2.38. The SMILES string of the molecule is CC(O)Cn1c(CO)nc2ccc(Cl)cc21. The Morgan fingerprint density at radius 2 is 2.25 bits per heavy atom. The fourth-order valence-electron chi connectivity index (χ4n) is 1.73. The highest BCUT2D eigenvalue weighted by atomic mass is 35.5. The molecule has 1 unspecified atom stereocenters. The van der Waals surface area contributed by atoms with Gasteiger partial charge < -0.3 is 14.8 Å². The fraction of sp³-hybridized carbons (Fsp3) is 0.364. The van der Waals surface area contributed by atoms with Crippen molar-refractivity contribution in [2.75, 3.05) is 0 Å². The summed E-state index contributed by atoms with van der Waals surface area (Å²) < 4.78 is 1.78. The molecule has 1 heterocycles. The van der Waals surface area contributed by atoms with E-state index in [2.05, 4.69) is 4.98 Å². The van der Waals surface area contributed by atoms with Gasteiger partial charge in [-0.3, -0.25) is 0 Å². The first kappa shape index (κ1) is 11.4. The minimum absolute atomic E-state index is 0.154. The lowest BCUT2D eigenvalue weighted by atomic mass is 10.3. The van der Waals surface area contributed by atoms with Crippen molar-refractivity contribution in [3.8, 4) is 0 Å². The molecule has 4 nitrogen and oxygen atoms in total. The lowest BCUT2D eigenvalue weighted by Crippen LogP contribution is -2.14. The van der Waals surface area contributed by atoms with Gasteiger partial charge in [0.05, 0.1) is 23.7 Å². The monoisotopic (exact) mass is 240 g/mol. The van der Waals surface area contributed by atoms with Crippen LogP contribution in [0.1, 0.15) is 12.7 Å². The Morgan fingerprint density at radius 1 is 1.50 bits per heavy atom. The highest BCUT2D eigenvalue weighted by Gasteiger charge is 2.11. The van der Waals surface area contributed by atoms with E-state index in [0.717, 1.165) is 11.0 Å². The zero-order valence-corrected chi connectivity index (χ0v) is 9.65. The molecule has 1 aromatic heterocycles. The number of aliphatic hydroxyl groups is 2. The van der Waals surface area contributed by atoms with Crippen LogP contribution in [-0.2, 0) is 13.2 Å². The molecule has 1 aromatic carbocycles. The van der Waals surface area contributed by atoms with E-state index < -0.39 is 6.10 Å². The van der Waals surface area contributed by atoms with E-state index >= 15 is 0 Å². The van der Waals surface area contributed by atoms with Crippen LogP contribution in [0.3, 0.4) is 0 Å². The maximum absolute atomic E-state index is 9.41. The summed E-state index contributed by atoms with van der Waals surface area (Å²) in [5.74, 6) is 0.540. The van der Waals surface area contributed by atoms with Crippen LogP contribution in [0.25, 0.3) is 11.0 Å². The topological polar surface area (TPSA) is 58.3 Å². The summed E-state index contributed by atoms with van der Waals surface area (Å²) in [6.07, 6.45) is -0.498. The van der Waals surface area contributed by atoms with E-state index in [0.29, 0.717) is 17.4 Å². The molecule has 2 N–H and O–H groups in total. The van der Waals surface area contributed by atoms with Crippen molar-refractivity contribution in [3.05, 3.63) is 29.0 Å². The van der Waals surface area contributed by atoms with Crippen LogP contribution >= 0.6 is 11.6 Å². The predicted molar refractivity (Wildman–Crippen MR) is 62.3 cm³/mol. The highest BCUT2D eigenvalue weighted by Crippen LogP contribution is 2.21. The number of aliphatic hydroxyl groups excluding tert-OH is 2. The Balaban J connectivity index is 2.60. The largest absolute Gasteiger partial charge is 0.392 e. The summed E-state index contributed by atoms with van der Waals surface area (Å²) in [5.41, 5.74) is 1.60. The van der Waals surface area contributed by atoms with Crippen LogP contribution < -0.4 is 0 Å². The second-order valence-corrected chi connectivity index (χ2v) is 4.22. The van der Waals surface area contributed by atoms with Crippen molar-refractivity contribution < 1.29 is 10.2 Å². The second kappa shape index (κ2) is 4.41. The first-order valence-electron chi connectivity index (χ1n) is 5.05. The number of halogens is 1. The molecular weight excluding hydrogens is 228 g/mol. The van der Waals surface area contributed by atoms with Crippen molar-refractivity contribution >= 4 is 22.6 Å². The maximum Gasteiger partial charge on any atom is 0.135 e. The van der Waals surface area contributed by atoms with Crippen LogP contribution in [0.5, 0.6) is 0 Å². The number of rotatable bonds is 3. The van der Waals surface area contributed by atoms with Gasteiger partial charge >= 0.3 is 0 Å². The van der Waals surface area contributed by atoms with Gasteiger partial charge in [-0.2, -0.15) is 0 Å². The van der Waals surface area contributed by atoms with Crippen molar-refractivity contribution in [2.24, 2.45) is 0 Å². The van der Waals surface area contributed by atoms with Crippen molar-refractivity contribution in [1.29, 1.82) is 0 Å². The Hall–Kier alpha value is -1.10. The van der Waals surface area contributed by atoms with Gasteiger partial charge in [0.1, 0.15) is 12.4 Å². The summed E-state index contributed by atoms with van der Waals surface area (Å²) in [7, 11) is 0. The molecule has 1 atom stereocenters. The average molecular weight is 241 g/mol. The van der Waals surface area contributed by atoms with Gasteiger partial charge in [-0.1, -0.05) is 11.6 Å². The molecule has 0 fully saturated rings. The van der Waals surface area contributed by atoms with Gasteiger partial charge in [-0.15, -0.1) is 0 Å². The zero-order valence-electron chi connectivity index (χ0n) is 8.89. The third kappa shape index (κ3) is 2.04. The number of aromatic nitrogens is 2. The summed E-state index contributed by atoms with van der Waals surface area (Å²) in [5, 5.41) is 19.2. The molecule has 0 aliphatic rings. The Bertz CT molecular complexity index is 508. The van der Waals surface area contributed by atoms with Crippen LogP contribution in [0.15, 0.2) is 18.2 Å². The zero-order chi connectivity index (χ0) is 11.7. The lowest BCUT2D eigenvalue weighted by Gasteiger charge is -2.09. The van der Waals surface area contributed by atoms with Gasteiger partial charge in [0.15, 0.2) is 0 Å². The van der Waals surface area contributed by atoms with Crippen molar-refractivity contribution in [3.63, 3.8) is 0 Å². The van der Waals surface area contributed by atoms with Gasteiger partial charge in [-0.25, -0.2) is 4.98 Å². The van der Waals surface area contributed by atoms with E-state index in [1.807, 2.05) is 0 Å². The molecule has 0 amide bonds. The molecule has 0 radical (unpaired) electrons. The summed E-state index contributed by atoms with van der Waals surface area (Å²) >= 11 is 5.91. The number of nitrogens with zero attached hydrogens (tertiary/aromatic N) is 2. The minimum Gasteiger partial charge on any atom is -0.392 e. The number of fused-ring (bicyclic) bond motifs is 1. The van der Waals surface area contributed by atoms with E-state index in [9.17, 15) is 10.2 Å². The standard InChI is InChI=1S/C11H13ClN2O2/c1-7(16)5-14-10-4-8(12)2-3-9(10)13-11(14)6-15/h2-4,7,15-16H,5-6H2,1H3. The molecule has 0 saturated heterocycles. The molecule has 0 spiro atoms. The molecule has 5 heteroatoms. The van der Waals surface area contributed by atoms with Gasteiger partial charge in [0.25, 0.3) is 0 Å². The maximum atomic E-state index is 9.41. The van der Waals surface area contributed by atoms with Crippen molar-refractivity contribution in [1.82, 2.24) is 9.55 Å². The molecule has 16 heavy (non-hydrogen) atoms. The number of hydrogen-bond donors (Lipinski definition) is 2. The first-order chi connectivity index (χ1) is 7.61. The van der Waals surface area contributed by atoms with Gasteiger partial charge in [0.2, 0.25) is 0 Å². The van der Waals surface area contributed by atoms with E-state index in [-0.39, 0.29) is 6.61 Å². The van der Waals surface area contributed by atoms with Crippen LogP contribution in [-0.4, -0.2) is 25.9 Å². The van der Waals surface area contributed by atoms with Gasteiger partial charge in [-0.05, 0) is 25.1 Å². The number of benzene rings is 1. The molecule has 0 saturated carbocycles. The van der Waals surface area contributed by atoms with Crippen molar-refractivity contribution in [2.45, 2.75) is 26.2 Å². The Labute approximate surface area is 98.1 Å². The number of imidazole rings is 1. The van der Waals surface area contributed by atoms with Crippen LogP contribution in [0, 0.1) is 0 Å². The molecular formula is C11H13ClN2O2. The Morgan fingerprint density at radius 3 is 2.88 bits per heavy atom. The molecule has 0 bridgehead atoms. The third-order valence-corrected chi connectivity index (χ3v) is 2.61. The van der Waals surface area contributed by atoms with E-state index in [4.69, 9.17) is 11.6 Å². The van der Waals surface area contributed by atoms with E-state index in [1.54, 1.807) is 29.7 Å². The fourth-order valence-corrected chi connectivity index (χ4v) is 1.90. The number of hydrogen-bond acceptors (Lipinski definition) is 3. The average Bonchev–Trinajstić information content (AvgIpc) is 2.56. The summed E-state index contributed by atoms with van der Waals surface area (Å²) in [4.78, 5) is 4.27. The summed E-state index contributed by atoms with van der Waals surface area (Å²) in [6, 6.07) is 5.34. The van der Waals surface area contributed by atoms with Gasteiger partial charge in [0, 0.05) is 5.02 Å². The normalized spacial score (nSPS) is 13.2. The lowest BCUT2D eigenvalue weighted by molar-refractivity contribution is 0.170. The van der Waals surface area contributed by atoms with Crippen LogP contribution in [0.4, 0.5) is 0 Å². The molecule has 0 aliphatic carbocycles. The Kier molecular flexibility index (Phi) is 3.14. The van der Waals surface area contributed by atoms with E-state index in [1.165, 1.54) is 0 Å². The summed E-state index contributed by atoms with van der Waals surface area (Å²) in [6.45, 7) is 1.93. The first-order valence-corrected chi connectivity index (χ1v) is 5.43. The highest BCUT2D eigenvalue weighted by molar-refractivity contribution is 6.31. The molecule has 86 valence electrons. The molecule has 0 aliphatic heterocycles. The molecule has 2 rings (SSSR count). The minimum atomic E-state index is -0.498. The quantitative estimate of drug-likeness (QED) is 0.856. The smallest absolute Gasteiger partial charge is 0.135 e. The predicted octanol–water partition coefficient (Wildman–Crippen LogP) is 1.56.